The van der Waals surface area contributed by atoms with Gasteiger partial charge in [0.25, 0.3) is 0 Å². The number of imidazole rings is 1. The van der Waals surface area contributed by atoms with Gasteiger partial charge in [-0.25, -0.2) is 4.98 Å². The molecule has 0 unspecified atom stereocenters. The Bertz CT molecular complexity index is 660. The van der Waals surface area contributed by atoms with Crippen molar-refractivity contribution < 1.29 is 0 Å². The average Bonchev–Trinajstić information content (AvgIpc) is 2.80. The molecule has 0 atom stereocenters. The zero-order valence-corrected chi connectivity index (χ0v) is 11.2. The highest BCUT2D eigenvalue weighted by molar-refractivity contribution is 5.79. The smallest absolute Gasteiger partial charge is 0.201 e. The average molecular weight is 251 g/mol. The summed E-state index contributed by atoms with van der Waals surface area (Å²) in [6.07, 6.45) is 0. The quantitative estimate of drug-likeness (QED) is 0.743. The summed E-state index contributed by atoms with van der Waals surface area (Å²) in [5.41, 5.74) is 5.90. The molecule has 0 aliphatic heterocycles. The van der Waals surface area contributed by atoms with Gasteiger partial charge in [0.1, 0.15) is 0 Å². The number of hydrogen-bond donors (Lipinski definition) is 2. The molecule has 0 saturated heterocycles. The zero-order chi connectivity index (χ0) is 13.2. The first kappa shape index (κ1) is 11.8. The Morgan fingerprint density at radius 1 is 1.05 bits per heavy atom. The fourth-order valence-corrected chi connectivity index (χ4v) is 2.13. The number of nitrogens with one attached hydrogen (secondary N) is 2. The van der Waals surface area contributed by atoms with Gasteiger partial charge in [-0.2, -0.15) is 0 Å². The number of hydrogen-bond acceptors (Lipinski definition) is 2. The normalized spacial score (nSPS) is 10.8. The van der Waals surface area contributed by atoms with E-state index in [1.54, 1.807) is 0 Å². The molecule has 0 radical (unpaired) electrons. The Morgan fingerprint density at radius 3 is 2.58 bits per heavy atom. The van der Waals surface area contributed by atoms with Crippen LogP contribution in [0.2, 0.25) is 0 Å². The predicted octanol–water partition coefficient (Wildman–Crippen LogP) is 3.79. The minimum atomic E-state index is 0.776. The predicted molar refractivity (Wildman–Crippen MR) is 79.3 cm³/mol. The van der Waals surface area contributed by atoms with Gasteiger partial charge < -0.3 is 10.3 Å². The maximum atomic E-state index is 4.56. The van der Waals surface area contributed by atoms with Crippen molar-refractivity contribution in [2.24, 2.45) is 0 Å². The van der Waals surface area contributed by atoms with E-state index in [0.717, 1.165) is 23.5 Å². The molecule has 96 valence electrons. The van der Waals surface area contributed by atoms with Crippen molar-refractivity contribution in [1.82, 2.24) is 9.97 Å². The number of aryl methyl sites for hydroxylation is 2. The molecule has 3 heteroatoms. The number of rotatable bonds is 3. The van der Waals surface area contributed by atoms with Crippen molar-refractivity contribution >= 4 is 17.0 Å². The number of nitrogens with zero attached hydrogens (tertiary/aromatic N) is 1. The van der Waals surface area contributed by atoms with E-state index in [4.69, 9.17) is 0 Å². The summed E-state index contributed by atoms with van der Waals surface area (Å²) >= 11 is 0. The first-order chi connectivity index (χ1) is 9.22. The lowest BCUT2D eigenvalue weighted by molar-refractivity contribution is 1.10. The minimum absolute atomic E-state index is 0.776. The van der Waals surface area contributed by atoms with Crippen LogP contribution in [0.15, 0.2) is 42.5 Å². The van der Waals surface area contributed by atoms with Crippen molar-refractivity contribution in [2.45, 2.75) is 20.4 Å². The van der Waals surface area contributed by atoms with Gasteiger partial charge in [-0.3, -0.25) is 0 Å². The molecule has 0 fully saturated rings. The third kappa shape index (κ3) is 2.45. The van der Waals surface area contributed by atoms with Crippen LogP contribution in [0.3, 0.4) is 0 Å². The molecular weight excluding hydrogens is 234 g/mol. The van der Waals surface area contributed by atoms with Crippen LogP contribution in [-0.4, -0.2) is 9.97 Å². The number of anilines is 1. The summed E-state index contributed by atoms with van der Waals surface area (Å²) < 4.78 is 0. The molecule has 19 heavy (non-hydrogen) atoms. The van der Waals surface area contributed by atoms with Gasteiger partial charge in [-0.15, -0.1) is 0 Å². The fourth-order valence-electron chi connectivity index (χ4n) is 2.13. The highest BCUT2D eigenvalue weighted by Crippen LogP contribution is 2.19. The Morgan fingerprint density at radius 2 is 1.79 bits per heavy atom. The largest absolute Gasteiger partial charge is 0.352 e. The molecule has 3 aromatic rings. The number of benzene rings is 2. The molecule has 3 rings (SSSR count). The van der Waals surface area contributed by atoms with Crippen LogP contribution in [0.4, 0.5) is 5.95 Å². The number of H-pyrrole nitrogens is 1. The lowest BCUT2D eigenvalue weighted by atomic mass is 10.1. The summed E-state index contributed by atoms with van der Waals surface area (Å²) in [4.78, 5) is 7.87. The second-order valence-electron chi connectivity index (χ2n) is 4.88. The van der Waals surface area contributed by atoms with Crippen LogP contribution >= 0.6 is 0 Å². The van der Waals surface area contributed by atoms with Crippen molar-refractivity contribution in [2.75, 3.05) is 5.32 Å². The number of aromatic nitrogens is 2. The highest BCUT2D eigenvalue weighted by atomic mass is 15.1. The summed E-state index contributed by atoms with van der Waals surface area (Å²) in [5, 5.41) is 3.32. The molecule has 0 spiro atoms. The Hall–Kier alpha value is -2.29. The minimum Gasteiger partial charge on any atom is -0.352 e. The summed E-state index contributed by atoms with van der Waals surface area (Å²) in [6.45, 7) is 5.01. The molecule has 0 amide bonds. The van der Waals surface area contributed by atoms with Gasteiger partial charge in [0.2, 0.25) is 5.95 Å². The van der Waals surface area contributed by atoms with E-state index < -0.39 is 0 Å². The molecular formula is C16H17N3. The molecule has 0 aliphatic carbocycles. The van der Waals surface area contributed by atoms with E-state index in [9.17, 15) is 0 Å². The van der Waals surface area contributed by atoms with Crippen molar-refractivity contribution in [3.05, 3.63) is 59.2 Å². The van der Waals surface area contributed by atoms with Crippen molar-refractivity contribution in [3.8, 4) is 0 Å². The molecule has 1 heterocycles. The van der Waals surface area contributed by atoms with E-state index in [1.807, 2.05) is 18.2 Å². The van der Waals surface area contributed by atoms with Crippen LogP contribution in [0, 0.1) is 13.8 Å². The van der Waals surface area contributed by atoms with Gasteiger partial charge in [0, 0.05) is 6.54 Å². The third-order valence-corrected chi connectivity index (χ3v) is 3.40. The van der Waals surface area contributed by atoms with Crippen LogP contribution in [0.1, 0.15) is 16.7 Å². The van der Waals surface area contributed by atoms with E-state index in [0.29, 0.717) is 0 Å². The van der Waals surface area contributed by atoms with E-state index in [2.05, 4.69) is 53.4 Å². The van der Waals surface area contributed by atoms with Gasteiger partial charge in [-0.05, 0) is 42.7 Å². The fraction of sp³-hybridized carbons (Fsp3) is 0.188. The van der Waals surface area contributed by atoms with Gasteiger partial charge in [0.15, 0.2) is 0 Å². The summed E-state index contributed by atoms with van der Waals surface area (Å²) in [7, 11) is 0. The second-order valence-corrected chi connectivity index (χ2v) is 4.88. The Kier molecular flexibility index (Phi) is 2.95. The molecule has 3 nitrogen and oxygen atoms in total. The lowest BCUT2D eigenvalue weighted by Gasteiger charge is -2.01. The van der Waals surface area contributed by atoms with Crippen LogP contribution < -0.4 is 5.32 Å². The van der Waals surface area contributed by atoms with Crippen LogP contribution in [0.25, 0.3) is 11.0 Å². The van der Waals surface area contributed by atoms with Crippen LogP contribution in [-0.2, 0) is 6.54 Å². The molecule has 0 aliphatic rings. The molecule has 0 bridgehead atoms. The Labute approximate surface area is 112 Å². The van der Waals surface area contributed by atoms with E-state index >= 15 is 0 Å². The second kappa shape index (κ2) is 4.76. The first-order valence-corrected chi connectivity index (χ1v) is 6.47. The maximum Gasteiger partial charge on any atom is 0.201 e. The first-order valence-electron chi connectivity index (χ1n) is 6.47. The summed E-state index contributed by atoms with van der Waals surface area (Å²) in [5.74, 6) is 0.823. The van der Waals surface area contributed by atoms with Crippen LogP contribution in [0.5, 0.6) is 0 Å². The number of fused-ring (bicyclic) bond motifs is 1. The molecule has 2 N–H and O–H groups in total. The van der Waals surface area contributed by atoms with Gasteiger partial charge in [-0.1, -0.05) is 30.3 Å². The monoisotopic (exact) mass is 251 g/mol. The maximum absolute atomic E-state index is 4.56. The summed E-state index contributed by atoms with van der Waals surface area (Å²) in [6, 6.07) is 14.6. The van der Waals surface area contributed by atoms with Gasteiger partial charge >= 0.3 is 0 Å². The van der Waals surface area contributed by atoms with Gasteiger partial charge in [0.05, 0.1) is 11.0 Å². The van der Waals surface area contributed by atoms with E-state index in [-0.39, 0.29) is 0 Å². The molecule has 2 aromatic carbocycles. The topological polar surface area (TPSA) is 40.7 Å². The highest BCUT2D eigenvalue weighted by Gasteiger charge is 2.04. The molecule has 1 aromatic heterocycles. The third-order valence-electron chi connectivity index (χ3n) is 3.40. The number of aromatic amines is 1. The SMILES string of the molecule is Cc1cc2nc(NCc3ccccc3)[nH]c2cc1C. The van der Waals surface area contributed by atoms with E-state index in [1.165, 1.54) is 16.7 Å². The van der Waals surface area contributed by atoms with Crippen molar-refractivity contribution in [3.63, 3.8) is 0 Å². The zero-order valence-electron chi connectivity index (χ0n) is 11.2. The Balaban J connectivity index is 1.82. The lowest BCUT2D eigenvalue weighted by Crippen LogP contribution is -2.00. The van der Waals surface area contributed by atoms with Crippen molar-refractivity contribution in [1.29, 1.82) is 0 Å². The standard InChI is InChI=1S/C16H17N3/c1-11-8-14-15(9-12(11)2)19-16(18-14)17-10-13-6-4-3-5-7-13/h3-9H,10H2,1-2H3,(H2,17,18,19). The molecule has 0 saturated carbocycles.